The zero-order valence-electron chi connectivity index (χ0n) is 14.4. The molecule has 0 radical (unpaired) electrons. The molecule has 1 N–H and O–H groups in total. The number of guanidine groups is 1. The Kier molecular flexibility index (Phi) is 7.08. The number of rotatable bonds is 4. The minimum atomic E-state index is 0. The van der Waals surface area contributed by atoms with Crippen LogP contribution in [0.25, 0.3) is 0 Å². The summed E-state index contributed by atoms with van der Waals surface area (Å²) in [4.78, 5) is 6.80. The van der Waals surface area contributed by atoms with E-state index in [0.29, 0.717) is 5.92 Å². The number of aryl methyl sites for hydroxylation is 1. The summed E-state index contributed by atoms with van der Waals surface area (Å²) in [6.45, 7) is 2.91. The lowest BCUT2D eigenvalue weighted by Gasteiger charge is -2.21. The van der Waals surface area contributed by atoms with Gasteiger partial charge >= 0.3 is 0 Å². The highest BCUT2D eigenvalue weighted by Gasteiger charge is 2.24. The molecule has 130 valence electrons. The summed E-state index contributed by atoms with van der Waals surface area (Å²) in [5.74, 6) is 1.69. The molecule has 0 saturated carbocycles. The van der Waals surface area contributed by atoms with Crippen molar-refractivity contribution in [1.82, 2.24) is 20.0 Å². The van der Waals surface area contributed by atoms with Crippen LogP contribution in [0.4, 0.5) is 0 Å². The number of benzene rings is 1. The Balaban J connectivity index is 0.00000208. The molecule has 6 heteroatoms. The average molecular weight is 439 g/mol. The minimum Gasteiger partial charge on any atom is -0.352 e. The van der Waals surface area contributed by atoms with E-state index in [1.54, 1.807) is 0 Å². The Labute approximate surface area is 161 Å². The topological polar surface area (TPSA) is 45.5 Å². The van der Waals surface area contributed by atoms with Crippen LogP contribution in [-0.2, 0) is 20.0 Å². The normalized spacial score (nSPS) is 17.7. The van der Waals surface area contributed by atoms with Crippen LogP contribution in [0.1, 0.15) is 17.5 Å². The van der Waals surface area contributed by atoms with Gasteiger partial charge in [0.05, 0.1) is 6.20 Å². The monoisotopic (exact) mass is 439 g/mol. The molecule has 1 atom stereocenters. The number of hydrogen-bond donors (Lipinski definition) is 1. The van der Waals surface area contributed by atoms with Crippen LogP contribution in [0.3, 0.4) is 0 Å². The second-order valence-corrected chi connectivity index (χ2v) is 6.21. The van der Waals surface area contributed by atoms with Crippen molar-refractivity contribution in [2.75, 3.05) is 20.1 Å². The van der Waals surface area contributed by atoms with Gasteiger partial charge in [-0.1, -0.05) is 30.3 Å². The first-order valence-electron chi connectivity index (χ1n) is 8.21. The van der Waals surface area contributed by atoms with E-state index in [0.717, 1.165) is 32.0 Å². The smallest absolute Gasteiger partial charge is 0.193 e. The van der Waals surface area contributed by atoms with Crippen LogP contribution in [0, 0.1) is 5.92 Å². The Hall–Kier alpha value is -1.57. The molecule has 24 heavy (non-hydrogen) atoms. The third kappa shape index (κ3) is 4.96. The number of hydrogen-bond acceptors (Lipinski definition) is 2. The van der Waals surface area contributed by atoms with Gasteiger partial charge in [-0.15, -0.1) is 24.0 Å². The molecule has 1 fully saturated rings. The van der Waals surface area contributed by atoms with Crippen LogP contribution in [0.5, 0.6) is 0 Å². The van der Waals surface area contributed by atoms with Crippen molar-refractivity contribution in [1.29, 1.82) is 0 Å². The van der Waals surface area contributed by atoms with Crippen LogP contribution in [0.2, 0.25) is 0 Å². The lowest BCUT2D eigenvalue weighted by molar-refractivity contribution is 0.460. The number of aliphatic imine (C=N–C) groups is 1. The van der Waals surface area contributed by atoms with Crippen molar-refractivity contribution < 1.29 is 0 Å². The highest BCUT2D eigenvalue weighted by Crippen LogP contribution is 2.20. The van der Waals surface area contributed by atoms with Gasteiger partial charge in [0, 0.05) is 45.5 Å². The van der Waals surface area contributed by atoms with Crippen molar-refractivity contribution in [2.45, 2.75) is 19.4 Å². The molecule has 5 nitrogen and oxygen atoms in total. The van der Waals surface area contributed by atoms with Crippen LogP contribution in [0.15, 0.2) is 47.7 Å². The van der Waals surface area contributed by atoms with Gasteiger partial charge in [0.1, 0.15) is 0 Å². The summed E-state index contributed by atoms with van der Waals surface area (Å²) < 4.78 is 1.82. The predicted octanol–water partition coefficient (Wildman–Crippen LogP) is 2.68. The summed E-state index contributed by atoms with van der Waals surface area (Å²) in [7, 11) is 3.79. The molecular weight excluding hydrogens is 413 g/mol. The molecule has 2 heterocycles. The van der Waals surface area contributed by atoms with E-state index < -0.39 is 0 Å². The second-order valence-electron chi connectivity index (χ2n) is 6.21. The number of aromatic nitrogens is 2. The average Bonchev–Trinajstić information content (AvgIpc) is 3.19. The summed E-state index contributed by atoms with van der Waals surface area (Å²) in [6, 6.07) is 10.8. The van der Waals surface area contributed by atoms with E-state index in [1.807, 2.05) is 31.2 Å². The van der Waals surface area contributed by atoms with Gasteiger partial charge in [0.25, 0.3) is 0 Å². The highest BCUT2D eigenvalue weighted by molar-refractivity contribution is 14.0. The van der Waals surface area contributed by atoms with Gasteiger partial charge in [0.15, 0.2) is 5.96 Å². The zero-order valence-corrected chi connectivity index (χ0v) is 16.7. The molecule has 0 spiro atoms. The summed E-state index contributed by atoms with van der Waals surface area (Å²) in [5, 5.41) is 7.65. The molecule has 1 aliphatic heterocycles. The van der Waals surface area contributed by atoms with Gasteiger partial charge < -0.3 is 10.2 Å². The molecule has 1 aromatic heterocycles. The SMILES string of the molecule is CN=C(NCc1cnn(C)c1)N1CCC(Cc2ccccc2)C1.I. The molecule has 0 bridgehead atoms. The maximum atomic E-state index is 4.44. The van der Waals surface area contributed by atoms with Crippen molar-refractivity contribution in [3.63, 3.8) is 0 Å². The Morgan fingerprint density at radius 1 is 1.29 bits per heavy atom. The first-order chi connectivity index (χ1) is 11.2. The Morgan fingerprint density at radius 2 is 2.08 bits per heavy atom. The fraction of sp³-hybridized carbons (Fsp3) is 0.444. The van der Waals surface area contributed by atoms with Crippen molar-refractivity contribution >= 4 is 29.9 Å². The van der Waals surface area contributed by atoms with Crippen LogP contribution >= 0.6 is 24.0 Å². The summed E-state index contributed by atoms with van der Waals surface area (Å²) in [6.07, 6.45) is 6.30. The molecule has 3 rings (SSSR count). The molecule has 1 aliphatic rings. The zero-order chi connectivity index (χ0) is 16.1. The van der Waals surface area contributed by atoms with Gasteiger partial charge in [-0.05, 0) is 24.3 Å². The van der Waals surface area contributed by atoms with Gasteiger partial charge in [0.2, 0.25) is 0 Å². The lowest BCUT2D eigenvalue weighted by Crippen LogP contribution is -2.39. The van der Waals surface area contributed by atoms with E-state index in [-0.39, 0.29) is 24.0 Å². The van der Waals surface area contributed by atoms with Gasteiger partial charge in [-0.3, -0.25) is 9.67 Å². The number of halogens is 1. The summed E-state index contributed by atoms with van der Waals surface area (Å²) in [5.41, 5.74) is 2.60. The minimum absolute atomic E-state index is 0. The van der Waals surface area contributed by atoms with Crippen LogP contribution < -0.4 is 5.32 Å². The number of nitrogens with one attached hydrogen (secondary N) is 1. The van der Waals surface area contributed by atoms with Crippen molar-refractivity contribution in [2.24, 2.45) is 18.0 Å². The Morgan fingerprint density at radius 3 is 2.75 bits per heavy atom. The van der Waals surface area contributed by atoms with E-state index >= 15 is 0 Å². The van der Waals surface area contributed by atoms with Crippen molar-refractivity contribution in [3.8, 4) is 0 Å². The largest absolute Gasteiger partial charge is 0.352 e. The molecule has 0 amide bonds. The number of nitrogens with zero attached hydrogens (tertiary/aromatic N) is 4. The van der Waals surface area contributed by atoms with E-state index in [9.17, 15) is 0 Å². The first kappa shape index (κ1) is 18.8. The second kappa shape index (κ2) is 9.05. The molecule has 1 saturated heterocycles. The third-order valence-electron chi connectivity index (χ3n) is 4.37. The standard InChI is InChI=1S/C18H25N5.HI/c1-19-18(20-11-17-12-21-22(2)13-17)23-9-8-16(14-23)10-15-6-4-3-5-7-15;/h3-7,12-13,16H,8-11,14H2,1-2H3,(H,19,20);1H. The van der Waals surface area contributed by atoms with E-state index in [4.69, 9.17) is 0 Å². The number of likely N-dealkylation sites (tertiary alicyclic amines) is 1. The quantitative estimate of drug-likeness (QED) is 0.453. The predicted molar refractivity (Wildman–Crippen MR) is 109 cm³/mol. The summed E-state index contributed by atoms with van der Waals surface area (Å²) >= 11 is 0. The third-order valence-corrected chi connectivity index (χ3v) is 4.37. The molecule has 1 aromatic carbocycles. The molecule has 2 aromatic rings. The molecular formula is C18H26IN5. The van der Waals surface area contributed by atoms with Gasteiger partial charge in [-0.2, -0.15) is 5.10 Å². The fourth-order valence-corrected chi connectivity index (χ4v) is 3.22. The van der Waals surface area contributed by atoms with E-state index in [1.165, 1.54) is 17.5 Å². The molecule has 1 unspecified atom stereocenters. The highest BCUT2D eigenvalue weighted by atomic mass is 127. The maximum absolute atomic E-state index is 4.44. The maximum Gasteiger partial charge on any atom is 0.193 e. The van der Waals surface area contributed by atoms with E-state index in [2.05, 4.69) is 50.6 Å². The lowest BCUT2D eigenvalue weighted by atomic mass is 9.99. The first-order valence-corrected chi connectivity index (χ1v) is 8.21. The molecule has 0 aliphatic carbocycles. The van der Waals surface area contributed by atoms with Crippen molar-refractivity contribution in [3.05, 3.63) is 53.9 Å². The van der Waals surface area contributed by atoms with Crippen LogP contribution in [-0.4, -0.2) is 40.8 Å². The fourth-order valence-electron chi connectivity index (χ4n) is 3.22. The Bertz CT molecular complexity index is 652. The van der Waals surface area contributed by atoms with Gasteiger partial charge in [-0.25, -0.2) is 0 Å².